The number of carbonyl (C=O) groups is 1. The smallest absolute Gasteiger partial charge is 0.274 e. The lowest BCUT2D eigenvalue weighted by Gasteiger charge is -2.17. The molecule has 0 unspecified atom stereocenters. The molecule has 3 rings (SSSR count). The fraction of sp³-hybridized carbons (Fsp3) is 0.346. The second-order valence-corrected chi connectivity index (χ2v) is 7.94. The van der Waals surface area contributed by atoms with E-state index in [0.717, 1.165) is 41.9 Å². The maximum atomic E-state index is 12.8. The molecule has 3 aromatic rings. The number of carbonyl (C=O) groups excluding carboxylic acids is 1. The third-order valence-electron chi connectivity index (χ3n) is 5.43. The second kappa shape index (κ2) is 11.4. The van der Waals surface area contributed by atoms with Crippen molar-refractivity contribution in [2.75, 3.05) is 38.7 Å². The summed E-state index contributed by atoms with van der Waals surface area (Å²) in [6.45, 7) is 6.53. The number of anilines is 1. The number of aromatic nitrogens is 1. The number of amides is 1. The van der Waals surface area contributed by atoms with Crippen molar-refractivity contribution in [1.29, 1.82) is 0 Å². The predicted octanol–water partition coefficient (Wildman–Crippen LogP) is 5.50. The molecular formula is C26H33N3O2. The van der Waals surface area contributed by atoms with Crippen LogP contribution in [0.5, 0.6) is 5.75 Å². The first-order chi connectivity index (χ1) is 15.1. The van der Waals surface area contributed by atoms with E-state index in [1.807, 2.05) is 60.7 Å². The van der Waals surface area contributed by atoms with Crippen molar-refractivity contribution in [3.63, 3.8) is 0 Å². The Balaban J connectivity index is 1.42. The number of nitrogens with one attached hydrogen (secondary N) is 1. The van der Waals surface area contributed by atoms with E-state index in [9.17, 15) is 4.79 Å². The van der Waals surface area contributed by atoms with Crippen molar-refractivity contribution >= 4 is 22.5 Å². The lowest BCUT2D eigenvalue weighted by molar-refractivity contribution is 0.0989. The van der Waals surface area contributed by atoms with Crippen molar-refractivity contribution in [3.8, 4) is 5.75 Å². The van der Waals surface area contributed by atoms with Gasteiger partial charge < -0.3 is 19.5 Å². The molecule has 0 saturated heterocycles. The largest absolute Gasteiger partial charge is 0.494 e. The van der Waals surface area contributed by atoms with Crippen molar-refractivity contribution < 1.29 is 9.53 Å². The van der Waals surface area contributed by atoms with Gasteiger partial charge >= 0.3 is 0 Å². The first-order valence-electron chi connectivity index (χ1n) is 11.0. The zero-order valence-electron chi connectivity index (χ0n) is 18.6. The minimum Gasteiger partial charge on any atom is -0.494 e. The van der Waals surface area contributed by atoms with Gasteiger partial charge in [-0.2, -0.15) is 0 Å². The topological polar surface area (TPSA) is 48.6 Å². The third-order valence-corrected chi connectivity index (χ3v) is 5.43. The molecule has 0 aliphatic heterocycles. The molecule has 0 spiro atoms. The molecular weight excluding hydrogens is 386 g/mol. The van der Waals surface area contributed by atoms with Crippen molar-refractivity contribution in [3.05, 3.63) is 72.9 Å². The van der Waals surface area contributed by atoms with E-state index < -0.39 is 0 Å². The highest BCUT2D eigenvalue weighted by Crippen LogP contribution is 2.22. The van der Waals surface area contributed by atoms with Gasteiger partial charge in [-0.15, -0.1) is 6.58 Å². The quantitative estimate of drug-likeness (QED) is 0.311. The molecule has 2 aromatic carbocycles. The van der Waals surface area contributed by atoms with Crippen LogP contribution in [-0.4, -0.2) is 49.6 Å². The maximum Gasteiger partial charge on any atom is 0.274 e. The molecule has 0 aliphatic rings. The summed E-state index contributed by atoms with van der Waals surface area (Å²) >= 11 is 0. The number of benzene rings is 2. The number of para-hydroxylation sites is 1. The molecule has 164 valence electrons. The summed E-state index contributed by atoms with van der Waals surface area (Å²) in [6, 6.07) is 17.5. The summed E-state index contributed by atoms with van der Waals surface area (Å²) in [7, 11) is 3.91. The predicted molar refractivity (Wildman–Crippen MR) is 129 cm³/mol. The van der Waals surface area contributed by atoms with Gasteiger partial charge in [0.05, 0.1) is 6.61 Å². The van der Waals surface area contributed by atoms with Crippen LogP contribution < -0.4 is 9.64 Å². The van der Waals surface area contributed by atoms with E-state index in [1.54, 1.807) is 11.9 Å². The minimum absolute atomic E-state index is 0.0661. The molecule has 1 amide bonds. The lowest BCUT2D eigenvalue weighted by atomic mass is 10.2. The average molecular weight is 420 g/mol. The Kier molecular flexibility index (Phi) is 8.30. The van der Waals surface area contributed by atoms with Gasteiger partial charge in [-0.1, -0.05) is 37.1 Å². The summed E-state index contributed by atoms with van der Waals surface area (Å²) in [6.07, 6.45) is 6.57. The Bertz CT molecular complexity index is 945. The van der Waals surface area contributed by atoms with E-state index >= 15 is 0 Å². The molecule has 5 heteroatoms. The highest BCUT2D eigenvalue weighted by atomic mass is 16.5. The number of hydrogen-bond acceptors (Lipinski definition) is 3. The van der Waals surface area contributed by atoms with Crippen LogP contribution in [0, 0.1) is 0 Å². The van der Waals surface area contributed by atoms with Crippen LogP contribution in [-0.2, 0) is 0 Å². The Morgan fingerprint density at radius 3 is 2.52 bits per heavy atom. The Labute approximate surface area is 185 Å². The van der Waals surface area contributed by atoms with Gasteiger partial charge in [-0.3, -0.25) is 4.79 Å². The molecule has 31 heavy (non-hydrogen) atoms. The van der Waals surface area contributed by atoms with Gasteiger partial charge in [0.1, 0.15) is 11.4 Å². The summed E-state index contributed by atoms with van der Waals surface area (Å²) in [5.74, 6) is 0.768. The number of ether oxygens (including phenoxy) is 1. The summed E-state index contributed by atoms with van der Waals surface area (Å²) in [4.78, 5) is 20.0. The van der Waals surface area contributed by atoms with Crippen molar-refractivity contribution in [2.45, 2.75) is 25.7 Å². The molecule has 5 nitrogen and oxygen atoms in total. The SMILES string of the molecule is C=CCN(C)CCCCCCOc1ccc(N(C)C(=O)c2cc3ccccc3[nH]2)cc1. The average Bonchev–Trinajstić information content (AvgIpc) is 3.22. The van der Waals surface area contributed by atoms with Gasteiger partial charge in [0.15, 0.2) is 0 Å². The first-order valence-corrected chi connectivity index (χ1v) is 11.0. The molecule has 1 N–H and O–H groups in total. The van der Waals surface area contributed by atoms with Gasteiger partial charge in [0, 0.05) is 30.2 Å². The van der Waals surface area contributed by atoms with Crippen LogP contribution in [0.1, 0.15) is 36.2 Å². The highest BCUT2D eigenvalue weighted by Gasteiger charge is 2.16. The monoisotopic (exact) mass is 419 g/mol. The number of aromatic amines is 1. The number of nitrogens with zero attached hydrogens (tertiary/aromatic N) is 2. The van der Waals surface area contributed by atoms with Crippen LogP contribution in [0.3, 0.4) is 0 Å². The molecule has 1 heterocycles. The fourth-order valence-electron chi connectivity index (χ4n) is 3.59. The van der Waals surface area contributed by atoms with Gasteiger partial charge in [0.25, 0.3) is 5.91 Å². The van der Waals surface area contributed by atoms with Gasteiger partial charge in [0.2, 0.25) is 0 Å². The fourth-order valence-corrected chi connectivity index (χ4v) is 3.59. The normalized spacial score (nSPS) is 11.1. The number of unbranched alkanes of at least 4 members (excludes halogenated alkanes) is 3. The standard InChI is InChI=1S/C26H33N3O2/c1-4-17-28(2)18-9-5-6-10-19-31-23-15-13-22(14-16-23)29(3)26(30)25-20-21-11-7-8-12-24(21)27-25/h4,7-8,11-16,20,27H,1,5-6,9-10,17-19H2,2-3H3. The van der Waals surface area contributed by atoms with Crippen molar-refractivity contribution in [2.24, 2.45) is 0 Å². The summed E-state index contributed by atoms with van der Waals surface area (Å²) < 4.78 is 5.86. The molecule has 0 fully saturated rings. The van der Waals surface area contributed by atoms with E-state index in [1.165, 1.54) is 19.3 Å². The van der Waals surface area contributed by atoms with E-state index in [-0.39, 0.29) is 5.91 Å². The zero-order valence-corrected chi connectivity index (χ0v) is 18.6. The minimum atomic E-state index is -0.0661. The number of hydrogen-bond donors (Lipinski definition) is 1. The Morgan fingerprint density at radius 2 is 1.77 bits per heavy atom. The third kappa shape index (κ3) is 6.46. The van der Waals surface area contributed by atoms with Crippen LogP contribution in [0.4, 0.5) is 5.69 Å². The number of H-pyrrole nitrogens is 1. The molecule has 0 bridgehead atoms. The van der Waals surface area contributed by atoms with E-state index in [0.29, 0.717) is 12.3 Å². The molecule has 1 aromatic heterocycles. The van der Waals surface area contributed by atoms with Crippen molar-refractivity contribution in [1.82, 2.24) is 9.88 Å². The van der Waals surface area contributed by atoms with Crippen LogP contribution in [0.15, 0.2) is 67.3 Å². The molecule has 0 saturated carbocycles. The Hall–Kier alpha value is -3.05. The number of rotatable bonds is 12. The van der Waals surface area contributed by atoms with Crippen LogP contribution >= 0.6 is 0 Å². The number of likely N-dealkylation sites (N-methyl/N-ethyl adjacent to an activating group) is 1. The van der Waals surface area contributed by atoms with E-state index in [2.05, 4.69) is 23.5 Å². The molecule has 0 radical (unpaired) electrons. The zero-order chi connectivity index (χ0) is 22.1. The second-order valence-electron chi connectivity index (χ2n) is 7.94. The van der Waals surface area contributed by atoms with Gasteiger partial charge in [-0.25, -0.2) is 0 Å². The molecule has 0 aliphatic carbocycles. The first kappa shape index (κ1) is 22.6. The van der Waals surface area contributed by atoms with Gasteiger partial charge in [-0.05, 0) is 62.8 Å². The maximum absolute atomic E-state index is 12.8. The lowest BCUT2D eigenvalue weighted by Crippen LogP contribution is -2.26. The highest BCUT2D eigenvalue weighted by molar-refractivity contribution is 6.07. The number of fused-ring (bicyclic) bond motifs is 1. The summed E-state index contributed by atoms with van der Waals surface area (Å²) in [5, 5.41) is 1.03. The molecule has 0 atom stereocenters. The van der Waals surface area contributed by atoms with Crippen LogP contribution in [0.2, 0.25) is 0 Å². The summed E-state index contributed by atoms with van der Waals surface area (Å²) in [5.41, 5.74) is 2.38. The Morgan fingerprint density at radius 1 is 1.03 bits per heavy atom. The van der Waals surface area contributed by atoms with Crippen LogP contribution in [0.25, 0.3) is 10.9 Å². The van der Waals surface area contributed by atoms with E-state index in [4.69, 9.17) is 4.74 Å².